The number of halogens is 3. The van der Waals surface area contributed by atoms with Gasteiger partial charge in [0.15, 0.2) is 0 Å². The van der Waals surface area contributed by atoms with Crippen LogP contribution in [0.5, 0.6) is 0 Å². The molecule has 2 rings (SSSR count). The van der Waals surface area contributed by atoms with E-state index in [2.05, 4.69) is 26.1 Å². The first-order chi connectivity index (χ1) is 6.66. The van der Waals surface area contributed by atoms with Crippen LogP contribution in [0.1, 0.15) is 0 Å². The Kier molecular flexibility index (Phi) is 2.52. The van der Waals surface area contributed by atoms with Crippen molar-refractivity contribution in [3.05, 3.63) is 33.8 Å². The molecule has 0 N–H and O–H groups in total. The fraction of sp³-hybridized carbons (Fsp3) is 0. The van der Waals surface area contributed by atoms with Gasteiger partial charge < -0.3 is 4.52 Å². The summed E-state index contributed by atoms with van der Waals surface area (Å²) in [6.45, 7) is 0. The Hall–Kier alpha value is -0.940. The number of rotatable bonds is 1. The third kappa shape index (κ3) is 1.78. The minimum absolute atomic E-state index is 0.237. The van der Waals surface area contributed by atoms with Crippen molar-refractivity contribution in [3.63, 3.8) is 0 Å². The first-order valence-electron chi connectivity index (χ1n) is 3.61. The highest BCUT2D eigenvalue weighted by Crippen LogP contribution is 2.27. The van der Waals surface area contributed by atoms with Crippen molar-refractivity contribution in [3.8, 4) is 11.5 Å². The molecule has 72 valence electrons. The standard InChI is InChI=1S/C8H3BrClFN2O/c9-8-12-7(14-13-8)5-2-1-4(11)3-6(5)10/h1-3H. The number of hydrogen-bond donors (Lipinski definition) is 0. The van der Waals surface area contributed by atoms with Crippen LogP contribution in [-0.2, 0) is 0 Å². The lowest BCUT2D eigenvalue weighted by atomic mass is 10.2. The lowest BCUT2D eigenvalue weighted by Crippen LogP contribution is -1.81. The van der Waals surface area contributed by atoms with Crippen LogP contribution >= 0.6 is 27.5 Å². The maximum Gasteiger partial charge on any atom is 0.260 e. The second-order valence-electron chi connectivity index (χ2n) is 2.49. The van der Waals surface area contributed by atoms with Gasteiger partial charge in [-0.15, -0.1) is 0 Å². The molecule has 0 aliphatic heterocycles. The van der Waals surface area contributed by atoms with E-state index >= 15 is 0 Å². The Morgan fingerprint density at radius 3 is 2.79 bits per heavy atom. The highest BCUT2D eigenvalue weighted by molar-refractivity contribution is 9.10. The molecule has 0 aliphatic rings. The second kappa shape index (κ2) is 3.67. The van der Waals surface area contributed by atoms with Crippen LogP contribution in [0.15, 0.2) is 27.5 Å². The van der Waals surface area contributed by atoms with Crippen molar-refractivity contribution in [2.45, 2.75) is 0 Å². The van der Waals surface area contributed by atoms with E-state index in [0.717, 1.165) is 0 Å². The van der Waals surface area contributed by atoms with Crippen LogP contribution in [-0.4, -0.2) is 10.1 Å². The Bertz CT molecular complexity index is 474. The highest BCUT2D eigenvalue weighted by Gasteiger charge is 2.11. The molecule has 1 aromatic heterocycles. The molecule has 0 atom stereocenters. The van der Waals surface area contributed by atoms with Crippen LogP contribution in [0.3, 0.4) is 0 Å². The predicted molar refractivity (Wildman–Crippen MR) is 52.4 cm³/mol. The fourth-order valence-electron chi connectivity index (χ4n) is 0.978. The molecule has 0 fully saturated rings. The Morgan fingerprint density at radius 1 is 1.43 bits per heavy atom. The average molecular weight is 277 g/mol. The zero-order valence-electron chi connectivity index (χ0n) is 6.67. The third-order valence-electron chi connectivity index (χ3n) is 1.56. The van der Waals surface area contributed by atoms with Gasteiger partial charge in [0.25, 0.3) is 5.89 Å². The predicted octanol–water partition coefficient (Wildman–Crippen LogP) is 3.29. The first-order valence-corrected chi connectivity index (χ1v) is 4.78. The van der Waals surface area contributed by atoms with Gasteiger partial charge in [0, 0.05) is 0 Å². The quantitative estimate of drug-likeness (QED) is 0.803. The van der Waals surface area contributed by atoms with Crippen molar-refractivity contribution in [2.75, 3.05) is 0 Å². The zero-order chi connectivity index (χ0) is 10.1. The van der Waals surface area contributed by atoms with Gasteiger partial charge in [0.05, 0.1) is 10.6 Å². The van der Waals surface area contributed by atoms with Crippen molar-refractivity contribution < 1.29 is 8.91 Å². The van der Waals surface area contributed by atoms with Crippen LogP contribution in [0.2, 0.25) is 5.02 Å². The van der Waals surface area contributed by atoms with Crippen molar-refractivity contribution in [2.24, 2.45) is 0 Å². The molecule has 1 aromatic carbocycles. The minimum atomic E-state index is -0.405. The number of nitrogens with zero attached hydrogens (tertiary/aromatic N) is 2. The number of aromatic nitrogens is 2. The molecule has 3 nitrogen and oxygen atoms in total. The molecule has 0 unspecified atom stereocenters. The Labute approximate surface area is 92.0 Å². The summed E-state index contributed by atoms with van der Waals surface area (Å²) in [6, 6.07) is 3.95. The maximum atomic E-state index is 12.7. The number of hydrogen-bond acceptors (Lipinski definition) is 3. The summed E-state index contributed by atoms with van der Waals surface area (Å²) >= 11 is 8.83. The normalized spacial score (nSPS) is 10.5. The lowest BCUT2D eigenvalue weighted by molar-refractivity contribution is 0.426. The minimum Gasteiger partial charge on any atom is -0.333 e. The Morgan fingerprint density at radius 2 is 2.21 bits per heavy atom. The van der Waals surface area contributed by atoms with Gasteiger partial charge in [-0.2, -0.15) is 4.98 Å². The van der Waals surface area contributed by atoms with E-state index in [4.69, 9.17) is 16.1 Å². The largest absolute Gasteiger partial charge is 0.333 e. The second-order valence-corrected chi connectivity index (χ2v) is 3.61. The van der Waals surface area contributed by atoms with Gasteiger partial charge in [0.1, 0.15) is 5.82 Å². The van der Waals surface area contributed by atoms with E-state index in [1.807, 2.05) is 0 Å². The van der Waals surface area contributed by atoms with Crippen LogP contribution in [0.25, 0.3) is 11.5 Å². The summed E-state index contributed by atoms with van der Waals surface area (Å²) in [6.07, 6.45) is 0. The zero-order valence-corrected chi connectivity index (χ0v) is 9.01. The molecule has 1 heterocycles. The molecule has 6 heteroatoms. The summed E-state index contributed by atoms with van der Waals surface area (Å²) in [7, 11) is 0. The lowest BCUT2D eigenvalue weighted by Gasteiger charge is -1.97. The molecule has 2 aromatic rings. The van der Waals surface area contributed by atoms with Gasteiger partial charge in [-0.1, -0.05) is 11.6 Å². The molecule has 0 bridgehead atoms. The van der Waals surface area contributed by atoms with Crippen LogP contribution in [0, 0.1) is 5.82 Å². The van der Waals surface area contributed by atoms with Gasteiger partial charge in [0.2, 0.25) is 4.73 Å². The molecule has 14 heavy (non-hydrogen) atoms. The third-order valence-corrected chi connectivity index (χ3v) is 2.20. The van der Waals surface area contributed by atoms with Gasteiger partial charge in [-0.25, -0.2) is 4.39 Å². The van der Waals surface area contributed by atoms with Gasteiger partial charge in [-0.3, -0.25) is 0 Å². The monoisotopic (exact) mass is 276 g/mol. The first kappa shape index (κ1) is 9.61. The van der Waals surface area contributed by atoms with Crippen molar-refractivity contribution in [1.29, 1.82) is 0 Å². The van der Waals surface area contributed by atoms with Gasteiger partial charge >= 0.3 is 0 Å². The van der Waals surface area contributed by atoms with Crippen LogP contribution < -0.4 is 0 Å². The molecule has 0 radical (unpaired) electrons. The average Bonchev–Trinajstić information content (AvgIpc) is 2.51. The van der Waals surface area contributed by atoms with Crippen molar-refractivity contribution >= 4 is 27.5 Å². The van der Waals surface area contributed by atoms with E-state index in [-0.39, 0.29) is 10.9 Å². The van der Waals surface area contributed by atoms with E-state index < -0.39 is 5.82 Å². The summed E-state index contributed by atoms with van der Waals surface area (Å²) in [4.78, 5) is 3.90. The fourth-order valence-corrected chi connectivity index (χ4v) is 1.46. The summed E-state index contributed by atoms with van der Waals surface area (Å²) < 4.78 is 17.9. The molecule has 0 aliphatic carbocycles. The van der Waals surface area contributed by atoms with Crippen LogP contribution in [0.4, 0.5) is 4.39 Å². The molecular weight excluding hydrogens is 274 g/mol. The van der Waals surface area contributed by atoms with E-state index in [9.17, 15) is 4.39 Å². The Balaban J connectivity index is 2.52. The topological polar surface area (TPSA) is 38.9 Å². The molecular formula is C8H3BrClFN2O. The summed E-state index contributed by atoms with van der Waals surface area (Å²) in [5.41, 5.74) is 0.506. The maximum absolute atomic E-state index is 12.7. The van der Waals surface area contributed by atoms with Crippen molar-refractivity contribution in [1.82, 2.24) is 10.1 Å². The summed E-state index contributed by atoms with van der Waals surface area (Å²) in [5, 5.41) is 3.77. The van der Waals surface area contributed by atoms with E-state index in [1.165, 1.54) is 18.2 Å². The SMILES string of the molecule is Fc1ccc(-c2nc(Br)no2)c(Cl)c1. The number of benzene rings is 1. The van der Waals surface area contributed by atoms with E-state index in [0.29, 0.717) is 10.3 Å². The highest BCUT2D eigenvalue weighted by atomic mass is 79.9. The molecule has 0 spiro atoms. The molecule has 0 amide bonds. The van der Waals surface area contributed by atoms with E-state index in [1.54, 1.807) is 0 Å². The molecule has 0 saturated carbocycles. The smallest absolute Gasteiger partial charge is 0.260 e. The van der Waals surface area contributed by atoms with Gasteiger partial charge in [-0.05, 0) is 39.3 Å². The molecule has 0 saturated heterocycles. The summed E-state index contributed by atoms with van der Waals surface area (Å²) in [5.74, 6) is -0.154.